The number of fused-ring (bicyclic) bond motifs is 1. The van der Waals surface area contributed by atoms with E-state index in [1.807, 2.05) is 6.07 Å². The van der Waals surface area contributed by atoms with Crippen molar-refractivity contribution >= 4 is 23.0 Å². The quantitative estimate of drug-likeness (QED) is 0.680. The minimum Gasteiger partial charge on any atom is -0.252 e. The average molecular weight is 233 g/mol. The number of aryl methyl sites for hydroxylation is 1. The SMILES string of the molecule is CC1=Nc2ccccc2/C1=C\c1ccc(C)cc1. The summed E-state index contributed by atoms with van der Waals surface area (Å²) in [5.41, 5.74) is 7.14. The van der Waals surface area contributed by atoms with E-state index in [9.17, 15) is 0 Å². The van der Waals surface area contributed by atoms with Gasteiger partial charge in [0.1, 0.15) is 0 Å². The van der Waals surface area contributed by atoms with Gasteiger partial charge in [0.25, 0.3) is 0 Å². The first-order chi connectivity index (χ1) is 8.74. The van der Waals surface area contributed by atoms with Crippen molar-refractivity contribution in [1.29, 1.82) is 0 Å². The lowest BCUT2D eigenvalue weighted by molar-refractivity contribution is 1.46. The number of hydrogen-bond donors (Lipinski definition) is 0. The molecule has 2 aromatic carbocycles. The van der Waals surface area contributed by atoms with Gasteiger partial charge in [0.15, 0.2) is 0 Å². The molecule has 1 heteroatoms. The Morgan fingerprint density at radius 1 is 0.889 bits per heavy atom. The predicted molar refractivity (Wildman–Crippen MR) is 78.3 cm³/mol. The van der Waals surface area contributed by atoms with Gasteiger partial charge in [-0.3, -0.25) is 4.99 Å². The minimum absolute atomic E-state index is 1.08. The molecule has 0 fully saturated rings. The summed E-state index contributed by atoms with van der Waals surface area (Å²) >= 11 is 0. The number of allylic oxidation sites excluding steroid dienone is 1. The molecule has 18 heavy (non-hydrogen) atoms. The Balaban J connectivity index is 2.07. The number of para-hydroxylation sites is 1. The molecule has 3 rings (SSSR count). The van der Waals surface area contributed by atoms with E-state index in [2.05, 4.69) is 67.4 Å². The minimum atomic E-state index is 1.08. The van der Waals surface area contributed by atoms with Gasteiger partial charge < -0.3 is 0 Å². The summed E-state index contributed by atoms with van der Waals surface area (Å²) in [6.45, 7) is 4.18. The highest BCUT2D eigenvalue weighted by molar-refractivity contribution is 6.31. The molecule has 0 aliphatic carbocycles. The molecule has 0 N–H and O–H groups in total. The van der Waals surface area contributed by atoms with Crippen LogP contribution in [0.25, 0.3) is 11.6 Å². The molecule has 0 aromatic heterocycles. The van der Waals surface area contributed by atoms with Crippen molar-refractivity contribution in [2.24, 2.45) is 4.99 Å². The van der Waals surface area contributed by atoms with E-state index in [0.717, 1.165) is 11.4 Å². The van der Waals surface area contributed by atoms with Crippen molar-refractivity contribution in [3.63, 3.8) is 0 Å². The van der Waals surface area contributed by atoms with Crippen molar-refractivity contribution in [3.05, 3.63) is 65.2 Å². The first-order valence-corrected chi connectivity index (χ1v) is 6.17. The van der Waals surface area contributed by atoms with Gasteiger partial charge in [0.05, 0.1) is 5.69 Å². The van der Waals surface area contributed by atoms with Crippen LogP contribution in [0.4, 0.5) is 5.69 Å². The van der Waals surface area contributed by atoms with Gasteiger partial charge in [0.2, 0.25) is 0 Å². The summed E-state index contributed by atoms with van der Waals surface area (Å²) in [6.07, 6.45) is 2.21. The summed E-state index contributed by atoms with van der Waals surface area (Å²) in [5, 5.41) is 0. The molecule has 1 heterocycles. The molecular weight excluding hydrogens is 218 g/mol. The lowest BCUT2D eigenvalue weighted by Gasteiger charge is -2.02. The molecule has 1 nitrogen and oxygen atoms in total. The molecule has 0 amide bonds. The van der Waals surface area contributed by atoms with Crippen molar-refractivity contribution in [1.82, 2.24) is 0 Å². The normalized spacial score (nSPS) is 15.7. The summed E-state index contributed by atoms with van der Waals surface area (Å²) in [4.78, 5) is 4.60. The third kappa shape index (κ3) is 1.88. The van der Waals surface area contributed by atoms with Crippen LogP contribution < -0.4 is 0 Å². The lowest BCUT2D eigenvalue weighted by Crippen LogP contribution is -1.89. The van der Waals surface area contributed by atoms with E-state index in [0.29, 0.717) is 0 Å². The largest absolute Gasteiger partial charge is 0.252 e. The molecule has 0 unspecified atom stereocenters. The second-order valence-corrected chi connectivity index (χ2v) is 4.68. The number of benzene rings is 2. The fourth-order valence-electron chi connectivity index (χ4n) is 2.25. The Kier molecular flexibility index (Phi) is 2.60. The van der Waals surface area contributed by atoms with Crippen molar-refractivity contribution in [2.75, 3.05) is 0 Å². The van der Waals surface area contributed by atoms with E-state index < -0.39 is 0 Å². The Morgan fingerprint density at radius 2 is 1.61 bits per heavy atom. The maximum atomic E-state index is 4.60. The third-order valence-corrected chi connectivity index (χ3v) is 3.26. The summed E-state index contributed by atoms with van der Waals surface area (Å²) in [5.74, 6) is 0. The van der Waals surface area contributed by atoms with Gasteiger partial charge in [-0.05, 0) is 31.6 Å². The predicted octanol–water partition coefficient (Wildman–Crippen LogP) is 4.64. The fraction of sp³-hybridized carbons (Fsp3) is 0.118. The Morgan fingerprint density at radius 3 is 2.39 bits per heavy atom. The molecular formula is C17H15N. The summed E-state index contributed by atoms with van der Waals surface area (Å²) in [7, 11) is 0. The topological polar surface area (TPSA) is 12.4 Å². The molecule has 1 aliphatic rings. The number of aliphatic imine (C=N–C) groups is 1. The molecule has 2 aromatic rings. The second kappa shape index (κ2) is 4.26. The summed E-state index contributed by atoms with van der Waals surface area (Å²) < 4.78 is 0. The first-order valence-electron chi connectivity index (χ1n) is 6.17. The highest BCUT2D eigenvalue weighted by Gasteiger charge is 2.16. The van der Waals surface area contributed by atoms with Crippen molar-refractivity contribution < 1.29 is 0 Å². The molecule has 88 valence electrons. The van der Waals surface area contributed by atoms with Crippen LogP contribution in [0.5, 0.6) is 0 Å². The van der Waals surface area contributed by atoms with E-state index in [1.54, 1.807) is 0 Å². The molecule has 0 bridgehead atoms. The Bertz CT molecular complexity index is 646. The van der Waals surface area contributed by atoms with E-state index in [4.69, 9.17) is 0 Å². The zero-order valence-corrected chi connectivity index (χ0v) is 10.6. The summed E-state index contributed by atoms with van der Waals surface area (Å²) in [6, 6.07) is 16.9. The molecule has 1 aliphatic heterocycles. The Hall–Kier alpha value is -2.15. The van der Waals surface area contributed by atoms with Crippen LogP contribution in [0.1, 0.15) is 23.6 Å². The maximum absolute atomic E-state index is 4.60. The van der Waals surface area contributed by atoms with Gasteiger partial charge in [-0.1, -0.05) is 48.0 Å². The van der Waals surface area contributed by atoms with E-state index >= 15 is 0 Å². The van der Waals surface area contributed by atoms with Gasteiger partial charge in [-0.15, -0.1) is 0 Å². The third-order valence-electron chi connectivity index (χ3n) is 3.26. The van der Waals surface area contributed by atoms with Crippen LogP contribution in [-0.4, -0.2) is 5.71 Å². The highest BCUT2D eigenvalue weighted by Crippen LogP contribution is 2.35. The second-order valence-electron chi connectivity index (χ2n) is 4.68. The zero-order chi connectivity index (χ0) is 12.5. The molecule has 0 atom stereocenters. The van der Waals surface area contributed by atoms with Crippen LogP contribution >= 0.6 is 0 Å². The fourth-order valence-corrected chi connectivity index (χ4v) is 2.25. The van der Waals surface area contributed by atoms with E-state index in [-0.39, 0.29) is 0 Å². The molecule has 0 spiro atoms. The number of hydrogen-bond acceptors (Lipinski definition) is 1. The van der Waals surface area contributed by atoms with Crippen LogP contribution in [0, 0.1) is 6.92 Å². The molecule has 0 saturated heterocycles. The lowest BCUT2D eigenvalue weighted by atomic mass is 10.0. The van der Waals surface area contributed by atoms with Gasteiger partial charge in [-0.2, -0.15) is 0 Å². The van der Waals surface area contributed by atoms with Crippen molar-refractivity contribution in [3.8, 4) is 0 Å². The van der Waals surface area contributed by atoms with Crippen LogP contribution in [0.3, 0.4) is 0 Å². The van der Waals surface area contributed by atoms with Gasteiger partial charge in [0, 0.05) is 16.8 Å². The van der Waals surface area contributed by atoms with Gasteiger partial charge >= 0.3 is 0 Å². The number of nitrogens with zero attached hydrogens (tertiary/aromatic N) is 1. The maximum Gasteiger partial charge on any atom is 0.0712 e. The highest BCUT2D eigenvalue weighted by atomic mass is 14.8. The molecule has 0 radical (unpaired) electrons. The van der Waals surface area contributed by atoms with Crippen LogP contribution in [0.2, 0.25) is 0 Å². The number of rotatable bonds is 1. The first kappa shape index (κ1) is 11.0. The zero-order valence-electron chi connectivity index (χ0n) is 10.6. The standard InChI is InChI=1S/C17H15N/c1-12-7-9-14(10-8-12)11-16-13(2)18-17-6-4-3-5-15(16)17/h3-11H,1-2H3/b16-11-. The van der Waals surface area contributed by atoms with Gasteiger partial charge in [-0.25, -0.2) is 0 Å². The molecule has 0 saturated carbocycles. The average Bonchev–Trinajstić information content (AvgIpc) is 2.69. The monoisotopic (exact) mass is 233 g/mol. The van der Waals surface area contributed by atoms with Crippen LogP contribution in [0.15, 0.2) is 53.5 Å². The van der Waals surface area contributed by atoms with E-state index in [1.165, 1.54) is 22.3 Å². The smallest absolute Gasteiger partial charge is 0.0712 e. The van der Waals surface area contributed by atoms with Crippen molar-refractivity contribution in [2.45, 2.75) is 13.8 Å². The Labute approximate surface area is 108 Å². The van der Waals surface area contributed by atoms with Crippen LogP contribution in [-0.2, 0) is 0 Å².